The molecule has 0 saturated heterocycles. The summed E-state index contributed by atoms with van der Waals surface area (Å²) in [7, 11) is 0. The second-order valence-corrected chi connectivity index (χ2v) is 4.25. The van der Waals surface area contributed by atoms with Crippen molar-refractivity contribution in [2.45, 2.75) is 26.9 Å². The van der Waals surface area contributed by atoms with E-state index in [4.69, 9.17) is 10.00 Å². The Labute approximate surface area is 101 Å². The Hall–Kier alpha value is -2.08. The van der Waals surface area contributed by atoms with Crippen LogP contribution in [-0.4, -0.2) is 11.1 Å². The molecule has 0 spiro atoms. The molecule has 3 nitrogen and oxygen atoms in total. The third kappa shape index (κ3) is 2.21. The number of ether oxygens (including phenoxy) is 1. The normalized spacial score (nSPS) is 10.5. The van der Waals surface area contributed by atoms with E-state index in [-0.39, 0.29) is 6.10 Å². The van der Waals surface area contributed by atoms with E-state index >= 15 is 0 Å². The molecule has 1 aromatic heterocycles. The third-order valence-corrected chi connectivity index (χ3v) is 2.43. The average molecular weight is 226 g/mol. The topological polar surface area (TPSA) is 45.9 Å². The lowest BCUT2D eigenvalue weighted by atomic mass is 10.1. The maximum atomic E-state index is 9.10. The molecular weight excluding hydrogens is 212 g/mol. The molecular formula is C14H14N2O. The molecule has 0 radical (unpaired) electrons. The number of benzene rings is 1. The smallest absolute Gasteiger partial charge is 0.163 e. The van der Waals surface area contributed by atoms with Gasteiger partial charge >= 0.3 is 0 Å². The minimum atomic E-state index is 0.0232. The summed E-state index contributed by atoms with van der Waals surface area (Å²) in [5, 5.41) is 10.1. The fourth-order valence-electron chi connectivity index (χ4n) is 1.70. The predicted molar refractivity (Wildman–Crippen MR) is 67.0 cm³/mol. The van der Waals surface area contributed by atoms with Crippen molar-refractivity contribution >= 4 is 10.9 Å². The molecule has 86 valence electrons. The summed E-state index contributed by atoms with van der Waals surface area (Å²) >= 11 is 0. The SMILES string of the molecule is Cc1ccc2ccc(C#N)c(OC(C)C)c2n1. The molecule has 0 bridgehead atoms. The van der Waals surface area contributed by atoms with Crippen LogP contribution in [0.1, 0.15) is 25.1 Å². The zero-order chi connectivity index (χ0) is 12.4. The molecule has 0 fully saturated rings. The summed E-state index contributed by atoms with van der Waals surface area (Å²) in [6.45, 7) is 5.81. The van der Waals surface area contributed by atoms with Gasteiger partial charge in [0.2, 0.25) is 0 Å². The van der Waals surface area contributed by atoms with E-state index in [1.807, 2.05) is 39.0 Å². The highest BCUT2D eigenvalue weighted by Crippen LogP contribution is 2.29. The second-order valence-electron chi connectivity index (χ2n) is 4.25. The van der Waals surface area contributed by atoms with Crippen LogP contribution in [0.4, 0.5) is 0 Å². The number of aromatic nitrogens is 1. The van der Waals surface area contributed by atoms with Gasteiger partial charge in [-0.25, -0.2) is 4.98 Å². The molecule has 0 saturated carbocycles. The quantitative estimate of drug-likeness (QED) is 0.789. The van der Waals surface area contributed by atoms with Gasteiger partial charge in [-0.1, -0.05) is 12.1 Å². The van der Waals surface area contributed by atoms with Crippen LogP contribution >= 0.6 is 0 Å². The van der Waals surface area contributed by atoms with E-state index in [1.165, 1.54) is 0 Å². The molecule has 1 heterocycles. The van der Waals surface area contributed by atoms with Gasteiger partial charge in [-0.15, -0.1) is 0 Å². The lowest BCUT2D eigenvalue weighted by molar-refractivity contribution is 0.244. The van der Waals surface area contributed by atoms with Gasteiger partial charge in [0.25, 0.3) is 0 Å². The summed E-state index contributed by atoms with van der Waals surface area (Å²) in [4.78, 5) is 4.46. The minimum absolute atomic E-state index is 0.0232. The molecule has 0 N–H and O–H groups in total. The van der Waals surface area contributed by atoms with Crippen LogP contribution < -0.4 is 4.74 Å². The van der Waals surface area contributed by atoms with Crippen LogP contribution in [0.5, 0.6) is 5.75 Å². The Morgan fingerprint density at radius 2 is 1.94 bits per heavy atom. The highest BCUT2D eigenvalue weighted by Gasteiger charge is 2.11. The van der Waals surface area contributed by atoms with E-state index < -0.39 is 0 Å². The molecule has 3 heteroatoms. The number of nitriles is 1. The molecule has 0 aliphatic carbocycles. The lowest BCUT2D eigenvalue weighted by Gasteiger charge is -2.13. The largest absolute Gasteiger partial charge is 0.487 e. The lowest BCUT2D eigenvalue weighted by Crippen LogP contribution is -2.07. The van der Waals surface area contributed by atoms with E-state index in [1.54, 1.807) is 6.07 Å². The summed E-state index contributed by atoms with van der Waals surface area (Å²) < 4.78 is 5.72. The monoisotopic (exact) mass is 226 g/mol. The maximum Gasteiger partial charge on any atom is 0.163 e. The Morgan fingerprint density at radius 3 is 2.59 bits per heavy atom. The van der Waals surface area contributed by atoms with Gasteiger partial charge in [-0.05, 0) is 32.9 Å². The molecule has 0 aliphatic rings. The van der Waals surface area contributed by atoms with Crippen molar-refractivity contribution in [1.29, 1.82) is 5.26 Å². The van der Waals surface area contributed by atoms with Gasteiger partial charge in [0.1, 0.15) is 11.6 Å². The molecule has 1 aromatic carbocycles. The van der Waals surface area contributed by atoms with Crippen molar-refractivity contribution in [1.82, 2.24) is 4.98 Å². The highest BCUT2D eigenvalue weighted by molar-refractivity contribution is 5.87. The minimum Gasteiger partial charge on any atom is -0.487 e. The van der Waals surface area contributed by atoms with Gasteiger partial charge in [0.05, 0.1) is 11.7 Å². The first-order valence-electron chi connectivity index (χ1n) is 5.59. The maximum absolute atomic E-state index is 9.10. The Balaban J connectivity index is 2.73. The average Bonchev–Trinajstić information content (AvgIpc) is 2.29. The summed E-state index contributed by atoms with van der Waals surface area (Å²) in [6.07, 6.45) is 0.0232. The highest BCUT2D eigenvalue weighted by atomic mass is 16.5. The van der Waals surface area contributed by atoms with Crippen molar-refractivity contribution in [3.05, 3.63) is 35.5 Å². The first-order valence-corrected chi connectivity index (χ1v) is 5.59. The molecule has 0 atom stereocenters. The van der Waals surface area contributed by atoms with E-state index in [0.717, 1.165) is 16.6 Å². The Bertz CT molecular complexity index is 597. The fourth-order valence-corrected chi connectivity index (χ4v) is 1.70. The van der Waals surface area contributed by atoms with E-state index in [9.17, 15) is 0 Å². The van der Waals surface area contributed by atoms with Crippen molar-refractivity contribution in [2.75, 3.05) is 0 Å². The van der Waals surface area contributed by atoms with Crippen LogP contribution in [0.15, 0.2) is 24.3 Å². The molecule has 0 unspecified atom stereocenters. The molecule has 2 rings (SSSR count). The van der Waals surface area contributed by atoms with Crippen LogP contribution in [-0.2, 0) is 0 Å². The Kier molecular flexibility index (Phi) is 2.97. The third-order valence-electron chi connectivity index (χ3n) is 2.43. The Morgan fingerprint density at radius 1 is 1.24 bits per heavy atom. The fraction of sp³-hybridized carbons (Fsp3) is 0.286. The van der Waals surface area contributed by atoms with Gasteiger partial charge in [0.15, 0.2) is 5.75 Å². The number of hydrogen-bond acceptors (Lipinski definition) is 3. The number of nitrogens with zero attached hydrogens (tertiary/aromatic N) is 2. The van der Waals surface area contributed by atoms with E-state index in [0.29, 0.717) is 11.3 Å². The molecule has 0 aliphatic heterocycles. The van der Waals surface area contributed by atoms with Crippen molar-refractivity contribution in [3.63, 3.8) is 0 Å². The predicted octanol–water partition coefficient (Wildman–Crippen LogP) is 3.20. The van der Waals surface area contributed by atoms with Gasteiger partial charge < -0.3 is 4.74 Å². The zero-order valence-electron chi connectivity index (χ0n) is 10.2. The number of hydrogen-bond donors (Lipinski definition) is 0. The van der Waals surface area contributed by atoms with Crippen molar-refractivity contribution < 1.29 is 4.74 Å². The van der Waals surface area contributed by atoms with Crippen LogP contribution in [0, 0.1) is 18.3 Å². The van der Waals surface area contributed by atoms with E-state index in [2.05, 4.69) is 11.1 Å². The molecule has 0 amide bonds. The summed E-state index contributed by atoms with van der Waals surface area (Å²) in [6, 6.07) is 9.76. The molecule has 17 heavy (non-hydrogen) atoms. The van der Waals surface area contributed by atoms with Gasteiger partial charge in [0, 0.05) is 11.1 Å². The summed E-state index contributed by atoms with van der Waals surface area (Å²) in [5.74, 6) is 0.587. The van der Waals surface area contributed by atoms with Crippen LogP contribution in [0.2, 0.25) is 0 Å². The van der Waals surface area contributed by atoms with Crippen LogP contribution in [0.25, 0.3) is 10.9 Å². The first-order chi connectivity index (χ1) is 8.11. The number of rotatable bonds is 2. The van der Waals surface area contributed by atoms with Crippen molar-refractivity contribution in [3.8, 4) is 11.8 Å². The zero-order valence-corrected chi connectivity index (χ0v) is 10.2. The summed E-state index contributed by atoms with van der Waals surface area (Å²) in [5.41, 5.74) is 2.21. The molecule has 2 aromatic rings. The number of aryl methyl sites for hydroxylation is 1. The number of pyridine rings is 1. The number of fused-ring (bicyclic) bond motifs is 1. The second kappa shape index (κ2) is 4.42. The first kappa shape index (κ1) is 11.4. The standard InChI is InChI=1S/C14H14N2O/c1-9(2)17-14-12(8-15)7-6-11-5-4-10(3)16-13(11)14/h4-7,9H,1-3H3. The van der Waals surface area contributed by atoms with Gasteiger partial charge in [-0.2, -0.15) is 5.26 Å². The van der Waals surface area contributed by atoms with Crippen molar-refractivity contribution in [2.24, 2.45) is 0 Å². The van der Waals surface area contributed by atoms with Gasteiger partial charge in [-0.3, -0.25) is 0 Å². The van der Waals surface area contributed by atoms with Crippen LogP contribution in [0.3, 0.4) is 0 Å².